The number of aromatic nitrogens is 1. The number of anilines is 1. The summed E-state index contributed by atoms with van der Waals surface area (Å²) in [5.41, 5.74) is 6.33. The van der Waals surface area contributed by atoms with Gasteiger partial charge in [-0.3, -0.25) is 4.98 Å². The first kappa shape index (κ1) is 14.8. The van der Waals surface area contributed by atoms with Crippen molar-refractivity contribution in [2.45, 2.75) is 6.61 Å². The Morgan fingerprint density at radius 2 is 2.14 bits per heavy atom. The van der Waals surface area contributed by atoms with Crippen LogP contribution in [0, 0.1) is 0 Å². The van der Waals surface area contributed by atoms with Gasteiger partial charge in [-0.15, -0.1) is 0 Å². The molecule has 1 aromatic carbocycles. The van der Waals surface area contributed by atoms with Crippen LogP contribution in [-0.4, -0.2) is 17.0 Å². The van der Waals surface area contributed by atoms with Gasteiger partial charge < -0.3 is 15.8 Å². The van der Waals surface area contributed by atoms with Crippen molar-refractivity contribution in [1.29, 1.82) is 0 Å². The van der Waals surface area contributed by atoms with Crippen molar-refractivity contribution in [2.24, 2.45) is 5.73 Å². The van der Waals surface area contributed by atoms with E-state index in [1.165, 1.54) is 12.3 Å². The fourth-order valence-electron chi connectivity index (χ4n) is 1.61. The van der Waals surface area contributed by atoms with Crippen LogP contribution in [0.3, 0.4) is 0 Å². The van der Waals surface area contributed by atoms with Gasteiger partial charge in [-0.05, 0) is 24.3 Å². The highest BCUT2D eigenvalue weighted by molar-refractivity contribution is 6.31. The molecule has 21 heavy (non-hydrogen) atoms. The summed E-state index contributed by atoms with van der Waals surface area (Å²) in [5, 5.41) is 2.86. The number of primary amides is 1. The van der Waals surface area contributed by atoms with Gasteiger partial charge in [0.1, 0.15) is 6.61 Å². The lowest BCUT2D eigenvalue weighted by atomic mass is 10.2. The first-order valence-electron chi connectivity index (χ1n) is 5.98. The molecule has 1 heterocycles. The first-order chi connectivity index (χ1) is 10.1. The number of pyridine rings is 1. The number of nitrogens with two attached hydrogens (primary N) is 1. The summed E-state index contributed by atoms with van der Waals surface area (Å²) in [5.74, 6) is -0.539. The second kappa shape index (κ2) is 6.71. The van der Waals surface area contributed by atoms with E-state index in [4.69, 9.17) is 22.1 Å². The monoisotopic (exact) mass is 305 g/mol. The van der Waals surface area contributed by atoms with Crippen LogP contribution in [-0.2, 0) is 11.3 Å². The Kier molecular flexibility index (Phi) is 4.73. The van der Waals surface area contributed by atoms with Crippen LogP contribution >= 0.6 is 11.6 Å². The van der Waals surface area contributed by atoms with Crippen LogP contribution in [0.5, 0.6) is 0 Å². The zero-order valence-electron chi connectivity index (χ0n) is 10.9. The number of nitrogens with zero attached hydrogens (tertiary/aromatic N) is 1. The largest absolute Gasteiger partial charge is 0.457 e. The van der Waals surface area contributed by atoms with E-state index in [1.54, 1.807) is 30.5 Å². The number of halogens is 1. The third kappa shape index (κ3) is 4.19. The summed E-state index contributed by atoms with van der Waals surface area (Å²) in [6.07, 6.45) is 3.08. The molecule has 0 unspecified atom stereocenters. The van der Waals surface area contributed by atoms with Gasteiger partial charge in [-0.1, -0.05) is 17.7 Å². The van der Waals surface area contributed by atoms with Gasteiger partial charge in [0.05, 0.1) is 10.6 Å². The molecular formula is C14H12ClN3O3. The normalized spacial score (nSPS) is 9.95. The second-order valence-corrected chi connectivity index (χ2v) is 4.52. The number of urea groups is 1. The Morgan fingerprint density at radius 3 is 2.86 bits per heavy atom. The molecule has 0 saturated heterocycles. The standard InChI is InChI=1S/C14H12ClN3O3/c15-12-4-5-17-7-10(12)8-21-13(19)9-2-1-3-11(6-9)18-14(16)20/h1-7H,8H2,(H3,16,18,20). The molecule has 2 amide bonds. The predicted octanol–water partition coefficient (Wildman–Crippen LogP) is 2.58. The van der Waals surface area contributed by atoms with E-state index in [1.807, 2.05) is 0 Å². The van der Waals surface area contributed by atoms with Gasteiger partial charge in [-0.2, -0.15) is 0 Å². The van der Waals surface area contributed by atoms with Crippen molar-refractivity contribution in [3.8, 4) is 0 Å². The Bertz CT molecular complexity index is 676. The maximum atomic E-state index is 11.9. The molecule has 0 saturated carbocycles. The Hall–Kier alpha value is -2.60. The molecule has 3 N–H and O–H groups in total. The highest BCUT2D eigenvalue weighted by atomic mass is 35.5. The van der Waals surface area contributed by atoms with E-state index in [9.17, 15) is 9.59 Å². The van der Waals surface area contributed by atoms with E-state index in [2.05, 4.69) is 10.3 Å². The maximum absolute atomic E-state index is 11.9. The van der Waals surface area contributed by atoms with Crippen molar-refractivity contribution in [3.63, 3.8) is 0 Å². The number of amides is 2. The number of rotatable bonds is 4. The lowest BCUT2D eigenvalue weighted by Gasteiger charge is -2.07. The van der Waals surface area contributed by atoms with Gasteiger partial charge >= 0.3 is 12.0 Å². The topological polar surface area (TPSA) is 94.3 Å². The van der Waals surface area contributed by atoms with Gasteiger partial charge in [0.15, 0.2) is 0 Å². The molecule has 0 aliphatic carbocycles. The zero-order chi connectivity index (χ0) is 15.2. The molecule has 7 heteroatoms. The minimum Gasteiger partial charge on any atom is -0.457 e. The van der Waals surface area contributed by atoms with Crippen molar-refractivity contribution < 1.29 is 14.3 Å². The number of nitrogens with one attached hydrogen (secondary N) is 1. The zero-order valence-corrected chi connectivity index (χ0v) is 11.6. The average molecular weight is 306 g/mol. The quantitative estimate of drug-likeness (QED) is 0.849. The number of carbonyl (C=O) groups excluding carboxylic acids is 2. The van der Waals surface area contributed by atoms with Crippen molar-refractivity contribution in [2.75, 3.05) is 5.32 Å². The predicted molar refractivity (Wildman–Crippen MR) is 78.0 cm³/mol. The van der Waals surface area contributed by atoms with Crippen LogP contribution in [0.4, 0.5) is 10.5 Å². The number of hydrogen-bond acceptors (Lipinski definition) is 4. The molecule has 0 bridgehead atoms. The molecule has 0 aliphatic rings. The lowest BCUT2D eigenvalue weighted by molar-refractivity contribution is 0.0472. The molecule has 0 spiro atoms. The summed E-state index contributed by atoms with van der Waals surface area (Å²) >= 11 is 5.94. The highest BCUT2D eigenvalue weighted by Crippen LogP contribution is 2.16. The summed E-state index contributed by atoms with van der Waals surface area (Å²) in [6, 6.07) is 7.17. The van der Waals surface area contributed by atoms with Crippen molar-refractivity contribution in [1.82, 2.24) is 4.98 Å². The molecule has 2 aromatic rings. The Balaban J connectivity index is 2.03. The lowest BCUT2D eigenvalue weighted by Crippen LogP contribution is -2.19. The Labute approximate surface area is 125 Å². The van der Waals surface area contributed by atoms with E-state index >= 15 is 0 Å². The van der Waals surface area contributed by atoms with E-state index in [-0.39, 0.29) is 6.61 Å². The van der Waals surface area contributed by atoms with Gasteiger partial charge in [-0.25, -0.2) is 9.59 Å². The van der Waals surface area contributed by atoms with Crippen LogP contribution in [0.1, 0.15) is 15.9 Å². The average Bonchev–Trinajstić information content (AvgIpc) is 2.45. The van der Waals surface area contributed by atoms with Gasteiger partial charge in [0.25, 0.3) is 0 Å². The second-order valence-electron chi connectivity index (χ2n) is 4.11. The molecule has 0 aliphatic heterocycles. The minimum atomic E-state index is -0.706. The number of hydrogen-bond donors (Lipinski definition) is 2. The maximum Gasteiger partial charge on any atom is 0.338 e. The van der Waals surface area contributed by atoms with Gasteiger partial charge in [0.2, 0.25) is 0 Å². The SMILES string of the molecule is NC(=O)Nc1cccc(C(=O)OCc2cnccc2Cl)c1. The van der Waals surface area contributed by atoms with Crippen molar-refractivity contribution >= 4 is 29.3 Å². The molecular weight excluding hydrogens is 294 g/mol. The fourth-order valence-corrected chi connectivity index (χ4v) is 1.77. The van der Waals surface area contributed by atoms with E-state index in [0.29, 0.717) is 21.8 Å². The van der Waals surface area contributed by atoms with Crippen molar-refractivity contribution in [3.05, 3.63) is 58.9 Å². The van der Waals surface area contributed by atoms with Crippen LogP contribution in [0.15, 0.2) is 42.7 Å². The van der Waals surface area contributed by atoms with E-state index in [0.717, 1.165) is 0 Å². The van der Waals surface area contributed by atoms with Crippen LogP contribution in [0.2, 0.25) is 5.02 Å². The third-order valence-corrected chi connectivity index (χ3v) is 2.94. The third-order valence-electron chi connectivity index (χ3n) is 2.57. The smallest absolute Gasteiger partial charge is 0.338 e. The van der Waals surface area contributed by atoms with Gasteiger partial charge in [0, 0.05) is 23.6 Å². The molecule has 0 atom stereocenters. The molecule has 108 valence electrons. The van der Waals surface area contributed by atoms with Crippen LogP contribution < -0.4 is 11.1 Å². The highest BCUT2D eigenvalue weighted by Gasteiger charge is 2.10. The molecule has 6 nitrogen and oxygen atoms in total. The molecule has 0 fully saturated rings. The summed E-state index contributed by atoms with van der Waals surface area (Å²) < 4.78 is 5.15. The number of benzene rings is 1. The number of esters is 1. The van der Waals surface area contributed by atoms with Crippen LogP contribution in [0.25, 0.3) is 0 Å². The molecule has 2 rings (SSSR count). The van der Waals surface area contributed by atoms with E-state index < -0.39 is 12.0 Å². The fraction of sp³-hybridized carbons (Fsp3) is 0.0714. The summed E-state index contributed by atoms with van der Waals surface area (Å²) in [4.78, 5) is 26.6. The summed E-state index contributed by atoms with van der Waals surface area (Å²) in [7, 11) is 0. The minimum absolute atomic E-state index is 0.0129. The molecule has 1 aromatic heterocycles. The molecule has 0 radical (unpaired) electrons. The summed E-state index contributed by atoms with van der Waals surface area (Å²) in [6.45, 7) is 0.0129. The first-order valence-corrected chi connectivity index (χ1v) is 6.36. The Morgan fingerprint density at radius 1 is 1.33 bits per heavy atom. The number of carbonyl (C=O) groups is 2. The number of ether oxygens (including phenoxy) is 1.